The number of nitrogens with two attached hydrogens (primary N) is 1. The molecule has 0 atom stereocenters. The molecule has 0 aliphatic heterocycles. The van der Waals surface area contributed by atoms with Crippen molar-refractivity contribution in [2.75, 3.05) is 41.5 Å². The minimum absolute atomic E-state index is 0.0182. The molecule has 284 valence electrons. The van der Waals surface area contributed by atoms with Crippen molar-refractivity contribution in [1.29, 1.82) is 0 Å². The summed E-state index contributed by atoms with van der Waals surface area (Å²) in [5.41, 5.74) is 4.50. The highest BCUT2D eigenvalue weighted by atomic mass is 32.2. The number of nitrogens with one attached hydrogen (secondary N) is 3. The fourth-order valence-electron chi connectivity index (χ4n) is 4.17. The largest absolute Gasteiger partial charge is 0.379 e. The number of carbonyl (C=O) groups excluding carboxylic acids is 1. The van der Waals surface area contributed by atoms with Crippen molar-refractivity contribution in [3.63, 3.8) is 0 Å². The van der Waals surface area contributed by atoms with Gasteiger partial charge in [-0.05, 0) is 47.9 Å². The molecule has 1 heterocycles. The lowest BCUT2D eigenvalue weighted by Gasteiger charge is -2.12. The van der Waals surface area contributed by atoms with E-state index in [0.29, 0.717) is 12.0 Å². The van der Waals surface area contributed by atoms with Crippen molar-refractivity contribution >= 4 is 93.6 Å². The molecule has 0 unspecified atom stereocenters. The van der Waals surface area contributed by atoms with Crippen LogP contribution in [-0.2, 0) is 44.2 Å². The summed E-state index contributed by atoms with van der Waals surface area (Å²) in [5.74, 6) is -0.795. The second kappa shape index (κ2) is 17.2. The number of carbonyl (C=O) groups is 1. The number of aromatic nitrogens is 3. The summed E-state index contributed by atoms with van der Waals surface area (Å²) in [7, 11) is -13.5. The first-order chi connectivity index (χ1) is 24.9. The average Bonchev–Trinajstić information content (AvgIpc) is 3.06. The molecular formula is C26H26FN9O13S4. The summed E-state index contributed by atoms with van der Waals surface area (Å²) in [6.07, 6.45) is -1.19. The van der Waals surface area contributed by atoms with E-state index in [0.717, 1.165) is 23.6 Å². The summed E-state index contributed by atoms with van der Waals surface area (Å²) >= 11 is 0.300. The van der Waals surface area contributed by atoms with Crippen molar-refractivity contribution in [2.45, 2.75) is 14.7 Å². The van der Waals surface area contributed by atoms with Gasteiger partial charge in [0, 0.05) is 27.9 Å². The number of azo groups is 1. The Morgan fingerprint density at radius 2 is 1.64 bits per heavy atom. The van der Waals surface area contributed by atoms with Crippen molar-refractivity contribution in [3.8, 4) is 0 Å². The number of urea groups is 1. The van der Waals surface area contributed by atoms with E-state index in [1.807, 2.05) is 0 Å². The van der Waals surface area contributed by atoms with Gasteiger partial charge in [-0.2, -0.15) is 36.2 Å². The molecule has 3 aromatic carbocycles. The Bertz CT molecular complexity index is 2400. The van der Waals surface area contributed by atoms with Crippen LogP contribution in [0.4, 0.5) is 43.8 Å². The minimum Gasteiger partial charge on any atom is -0.379 e. The quantitative estimate of drug-likeness (QED) is 0.0188. The number of nitrogens with zero attached hydrogens (tertiary/aromatic N) is 5. The van der Waals surface area contributed by atoms with Crippen LogP contribution >= 0.6 is 12.0 Å². The van der Waals surface area contributed by atoms with Crippen LogP contribution in [0.3, 0.4) is 0 Å². The number of ether oxygens (including phenoxy) is 1. The first kappa shape index (κ1) is 40.8. The third kappa shape index (κ3) is 11.8. The number of hydrogen-bond acceptors (Lipinski definition) is 19. The lowest BCUT2D eigenvalue weighted by Crippen LogP contribution is -2.19. The van der Waals surface area contributed by atoms with E-state index in [1.165, 1.54) is 24.3 Å². The van der Waals surface area contributed by atoms with Gasteiger partial charge >= 0.3 is 12.1 Å². The number of amides is 2. The minimum atomic E-state index is -5.06. The fraction of sp³-hybridized carbons (Fsp3) is 0.154. The summed E-state index contributed by atoms with van der Waals surface area (Å²) in [6, 6.07) is 6.53. The molecule has 0 aliphatic carbocycles. The number of halogens is 1. The van der Waals surface area contributed by atoms with Gasteiger partial charge in [0.25, 0.3) is 20.2 Å². The van der Waals surface area contributed by atoms with Gasteiger partial charge < -0.3 is 26.4 Å². The van der Waals surface area contributed by atoms with Crippen LogP contribution in [0, 0.1) is 6.08 Å². The average molecular weight is 820 g/mol. The first-order valence-corrected chi connectivity index (χ1v) is 19.4. The van der Waals surface area contributed by atoms with Gasteiger partial charge in [-0.25, -0.2) is 18.5 Å². The zero-order chi connectivity index (χ0) is 39.0. The topological polar surface area (TPSA) is 333 Å². The van der Waals surface area contributed by atoms with Gasteiger partial charge in [-0.3, -0.25) is 9.11 Å². The summed E-state index contributed by atoms with van der Waals surface area (Å²) < 4.78 is 115. The Labute approximate surface area is 303 Å². The number of primary amides is 1. The third-order valence-corrected chi connectivity index (χ3v) is 9.94. The second-order valence-electron chi connectivity index (χ2n) is 10.0. The molecule has 4 rings (SSSR count). The molecule has 4 aromatic rings. The highest BCUT2D eigenvalue weighted by molar-refractivity contribution is 7.94. The molecule has 8 N–H and O–H groups in total. The number of anilines is 4. The summed E-state index contributed by atoms with van der Waals surface area (Å²) in [5, 5.41) is 27.7. The maximum atomic E-state index is 14.2. The van der Waals surface area contributed by atoms with E-state index in [2.05, 4.69) is 57.1 Å². The Hall–Kier alpha value is -4.97. The Morgan fingerprint density at radius 1 is 0.943 bits per heavy atom. The van der Waals surface area contributed by atoms with Gasteiger partial charge in [0.15, 0.2) is 9.84 Å². The Balaban J connectivity index is 1.63. The van der Waals surface area contributed by atoms with Gasteiger partial charge in [-0.15, -0.1) is 14.6 Å². The van der Waals surface area contributed by atoms with Gasteiger partial charge in [0.1, 0.15) is 21.2 Å². The van der Waals surface area contributed by atoms with Crippen LogP contribution in [0.2, 0.25) is 0 Å². The van der Waals surface area contributed by atoms with E-state index >= 15 is 0 Å². The Kier molecular flexibility index (Phi) is 13.3. The molecule has 0 spiro atoms. The van der Waals surface area contributed by atoms with Crippen molar-refractivity contribution in [3.05, 3.63) is 60.5 Å². The molecule has 2 amide bonds. The smallest absolute Gasteiger partial charge is 0.316 e. The highest BCUT2D eigenvalue weighted by Crippen LogP contribution is 2.38. The van der Waals surface area contributed by atoms with Gasteiger partial charge in [-0.1, -0.05) is 11.6 Å². The summed E-state index contributed by atoms with van der Waals surface area (Å²) in [4.78, 5) is 21.2. The molecule has 0 fully saturated rings. The highest BCUT2D eigenvalue weighted by Gasteiger charge is 2.23. The molecule has 27 heteroatoms. The van der Waals surface area contributed by atoms with Crippen molar-refractivity contribution in [1.82, 2.24) is 15.0 Å². The Morgan fingerprint density at radius 3 is 2.30 bits per heavy atom. The zero-order valence-corrected chi connectivity index (χ0v) is 29.7. The third-order valence-electron chi connectivity index (χ3n) is 6.36. The van der Waals surface area contributed by atoms with Crippen LogP contribution in [0.1, 0.15) is 0 Å². The lowest BCUT2D eigenvalue weighted by atomic mass is 10.1. The fourth-order valence-corrected chi connectivity index (χ4v) is 6.58. The van der Waals surface area contributed by atoms with E-state index in [-0.39, 0.29) is 70.1 Å². The number of sulfone groups is 1. The molecule has 0 saturated heterocycles. The predicted molar refractivity (Wildman–Crippen MR) is 184 cm³/mol. The number of hydrogen-bond donors (Lipinski definition) is 7. The molecule has 0 saturated carbocycles. The maximum absolute atomic E-state index is 14.2. The van der Waals surface area contributed by atoms with Crippen molar-refractivity contribution in [2.24, 2.45) is 16.0 Å². The van der Waals surface area contributed by atoms with Crippen LogP contribution in [0.15, 0.2) is 79.4 Å². The normalized spacial score (nSPS) is 12.2. The molecule has 1 aromatic heterocycles. The SMILES string of the molecule is C=CS(=O)(=O)CCOCCNc1nc(F)nc(Nc2ccc(/N=N/c3cc4c(S(=O)(=O)O)cc(SOOO)cc4cc3S(=O)(=O)O)c(NC(N)=O)c2)n1. The van der Waals surface area contributed by atoms with Gasteiger partial charge in [0.2, 0.25) is 11.9 Å². The van der Waals surface area contributed by atoms with E-state index < -0.39 is 57.7 Å². The zero-order valence-electron chi connectivity index (χ0n) is 26.4. The van der Waals surface area contributed by atoms with E-state index in [1.54, 1.807) is 0 Å². The molecule has 0 bridgehead atoms. The number of rotatable bonds is 18. The molecule has 22 nitrogen and oxygen atoms in total. The molecule has 53 heavy (non-hydrogen) atoms. The van der Waals surface area contributed by atoms with Gasteiger partial charge in [0.05, 0.1) is 36.7 Å². The summed E-state index contributed by atoms with van der Waals surface area (Å²) in [6.45, 7) is 3.17. The van der Waals surface area contributed by atoms with Crippen molar-refractivity contribution < 1.29 is 62.9 Å². The predicted octanol–water partition coefficient (Wildman–Crippen LogP) is 3.72. The molecular weight excluding hydrogens is 794 g/mol. The monoisotopic (exact) mass is 819 g/mol. The number of benzene rings is 3. The molecule has 0 aliphatic rings. The van der Waals surface area contributed by atoms with Crippen LogP contribution in [-0.4, -0.2) is 86.1 Å². The number of fused-ring (bicyclic) bond motifs is 1. The van der Waals surface area contributed by atoms with E-state index in [9.17, 15) is 43.5 Å². The lowest BCUT2D eigenvalue weighted by molar-refractivity contribution is -0.432. The standard InChI is InChI=1S/C26H26FN9O13S4/c1-2-51(39,40)8-7-47-6-5-29-25-32-23(27)33-26(34-25)30-15-3-4-18(19(11-15)31-24(28)37)35-36-20-13-17-14(10-22(20)53(44,45)46)9-16(50-49-48-38)12-21(17)52(41,42)43/h2-4,9-13,38H,1,5-8H2,(H3,28,31,37)(H,41,42,43)(H,44,45,46)(H2,29,30,32,33,34)/b36-35+. The van der Waals surface area contributed by atoms with Crippen LogP contribution < -0.4 is 21.7 Å². The van der Waals surface area contributed by atoms with Crippen LogP contribution in [0.5, 0.6) is 0 Å². The van der Waals surface area contributed by atoms with E-state index in [4.69, 9.17) is 15.7 Å². The maximum Gasteiger partial charge on any atom is 0.316 e. The molecule has 0 radical (unpaired) electrons. The first-order valence-electron chi connectivity index (χ1n) is 14.1. The van der Waals surface area contributed by atoms with Crippen LogP contribution in [0.25, 0.3) is 10.8 Å². The second-order valence-corrected chi connectivity index (χ2v) is 15.6.